The van der Waals surface area contributed by atoms with Gasteiger partial charge >= 0.3 is 13.8 Å². The number of alkyl carbamates (subject to hydrolysis) is 1. The van der Waals surface area contributed by atoms with E-state index >= 15 is 0 Å². The molecule has 1 fully saturated rings. The van der Waals surface area contributed by atoms with Crippen LogP contribution in [0.2, 0.25) is 0 Å². The van der Waals surface area contributed by atoms with E-state index in [9.17, 15) is 28.6 Å². The Balaban J connectivity index is 1.97. The zero-order valence-corrected chi connectivity index (χ0v) is 17.1. The first-order valence-corrected chi connectivity index (χ1v) is 10.0. The van der Waals surface area contributed by atoms with E-state index < -0.39 is 61.0 Å². The summed E-state index contributed by atoms with van der Waals surface area (Å²) in [6, 6.07) is -1.17. The van der Waals surface area contributed by atoms with E-state index in [1.165, 1.54) is 6.92 Å². The number of carbonyl (C=O) groups is 3. The molecule has 1 aliphatic heterocycles. The van der Waals surface area contributed by atoms with E-state index in [1.54, 1.807) is 20.8 Å². The molecule has 1 aliphatic rings. The number of H-pyrrole nitrogens is 1. The Kier molecular flexibility index (Phi) is 6.21. The minimum absolute atomic E-state index is 0.250. The second-order valence-electron chi connectivity index (χ2n) is 7.33. The molecule has 1 saturated heterocycles. The zero-order chi connectivity index (χ0) is 22.1. The maximum atomic E-state index is 12.4. The predicted octanol–water partition coefficient (Wildman–Crippen LogP) is 0.504. The third kappa shape index (κ3) is 5.22. The highest BCUT2D eigenvalue weighted by atomic mass is 31.2. The number of ether oxygens (including phenoxy) is 1. The van der Waals surface area contributed by atoms with Gasteiger partial charge in [-0.25, -0.2) is 14.0 Å². The number of pyridine rings is 1. The minimum atomic E-state index is -4.70. The number of amides is 2. The highest BCUT2D eigenvalue weighted by molar-refractivity contribution is 7.51. The van der Waals surface area contributed by atoms with Crippen LogP contribution in [-0.2, 0) is 18.6 Å². The lowest BCUT2D eigenvalue weighted by molar-refractivity contribution is -0.143. The van der Waals surface area contributed by atoms with Gasteiger partial charge < -0.3 is 25.0 Å². The molecule has 1 aromatic heterocycles. The number of aromatic amines is 1. The van der Waals surface area contributed by atoms with Crippen LogP contribution in [0.5, 0.6) is 5.75 Å². The Labute approximate surface area is 165 Å². The monoisotopic (exact) mass is 431 g/mol. The van der Waals surface area contributed by atoms with Crippen molar-refractivity contribution >= 4 is 25.5 Å². The molecule has 0 radical (unpaired) electrons. The summed E-state index contributed by atoms with van der Waals surface area (Å²) in [7, 11) is -4.70. The molecule has 1 unspecified atom stereocenters. The number of hydrogen-bond acceptors (Lipinski definition) is 8. The lowest BCUT2D eigenvalue weighted by Gasteiger charge is -2.45. The average Bonchev–Trinajstić information content (AvgIpc) is 2.58. The van der Waals surface area contributed by atoms with Gasteiger partial charge in [0.1, 0.15) is 18.2 Å². The van der Waals surface area contributed by atoms with Gasteiger partial charge in [-0.15, -0.1) is 0 Å². The van der Waals surface area contributed by atoms with Crippen molar-refractivity contribution in [2.24, 2.45) is 0 Å². The van der Waals surface area contributed by atoms with E-state index in [1.807, 2.05) is 0 Å². The summed E-state index contributed by atoms with van der Waals surface area (Å²) in [6.07, 6.45) is 0.0321. The number of rotatable bonds is 6. The first kappa shape index (κ1) is 22.6. The number of Topliss-reactive ketones (excluding diaryl/α,β-unsaturated/α-hetero) is 1. The van der Waals surface area contributed by atoms with Crippen molar-refractivity contribution in [1.82, 2.24) is 15.0 Å². The molecule has 160 valence electrons. The van der Waals surface area contributed by atoms with Gasteiger partial charge in [0.15, 0.2) is 5.75 Å². The van der Waals surface area contributed by atoms with Gasteiger partial charge in [-0.1, -0.05) is 0 Å². The fourth-order valence-electron chi connectivity index (χ4n) is 2.49. The van der Waals surface area contributed by atoms with Crippen molar-refractivity contribution < 1.29 is 38.2 Å². The molecule has 1 aromatic rings. The van der Waals surface area contributed by atoms with Gasteiger partial charge in [-0.05, 0) is 27.7 Å². The number of aromatic hydroxyl groups is 1. The topological polar surface area (TPSA) is 175 Å². The highest BCUT2D eigenvalue weighted by Gasteiger charge is 2.54. The van der Waals surface area contributed by atoms with Crippen LogP contribution in [-0.4, -0.2) is 61.7 Å². The van der Waals surface area contributed by atoms with Crippen LogP contribution < -0.4 is 10.7 Å². The fraction of sp³-hybridized carbons (Fsp3) is 0.500. The summed E-state index contributed by atoms with van der Waals surface area (Å²) < 4.78 is 22.7. The van der Waals surface area contributed by atoms with Gasteiger partial charge in [-0.2, -0.15) is 0 Å². The number of carbonyl (C=O) groups excluding carboxylic acids is 3. The van der Waals surface area contributed by atoms with E-state index in [4.69, 9.17) is 14.4 Å². The Bertz CT molecular complexity index is 936. The van der Waals surface area contributed by atoms with E-state index in [0.29, 0.717) is 4.67 Å². The van der Waals surface area contributed by atoms with E-state index in [2.05, 4.69) is 10.3 Å². The Morgan fingerprint density at radius 3 is 2.48 bits per heavy atom. The molecule has 29 heavy (non-hydrogen) atoms. The fourth-order valence-corrected chi connectivity index (χ4v) is 3.86. The van der Waals surface area contributed by atoms with E-state index in [-0.39, 0.29) is 5.69 Å². The normalized spacial score (nSPS) is 21.1. The van der Waals surface area contributed by atoms with Gasteiger partial charge in [0.2, 0.25) is 11.2 Å². The number of nitrogens with zero attached hydrogens (tertiary/aromatic N) is 1. The van der Waals surface area contributed by atoms with Gasteiger partial charge in [-0.3, -0.25) is 18.9 Å². The van der Waals surface area contributed by atoms with Crippen LogP contribution in [0.3, 0.4) is 0 Å². The van der Waals surface area contributed by atoms with Crippen LogP contribution in [0.25, 0.3) is 0 Å². The summed E-state index contributed by atoms with van der Waals surface area (Å²) >= 11 is 0. The smallest absolute Gasteiger partial charge is 0.435 e. The molecular weight excluding hydrogens is 409 g/mol. The molecule has 2 amide bonds. The molecule has 13 heteroatoms. The second-order valence-corrected chi connectivity index (χ2v) is 9.00. The molecule has 12 nitrogen and oxygen atoms in total. The number of aromatic nitrogens is 1. The molecule has 4 N–H and O–H groups in total. The predicted molar refractivity (Wildman–Crippen MR) is 98.3 cm³/mol. The molecule has 3 atom stereocenters. The first-order chi connectivity index (χ1) is 13.2. The van der Waals surface area contributed by atoms with Crippen molar-refractivity contribution in [2.75, 3.05) is 6.61 Å². The lowest BCUT2D eigenvalue weighted by atomic mass is 10.0. The lowest BCUT2D eigenvalue weighted by Crippen LogP contribution is -2.68. The summed E-state index contributed by atoms with van der Waals surface area (Å²) in [6.45, 7) is 5.42. The zero-order valence-electron chi connectivity index (χ0n) is 16.2. The molecule has 0 saturated carbocycles. The van der Waals surface area contributed by atoms with Crippen molar-refractivity contribution in [2.45, 2.75) is 45.4 Å². The largest absolute Gasteiger partial charge is 0.503 e. The van der Waals surface area contributed by atoms with Crippen LogP contribution in [0.4, 0.5) is 4.79 Å². The van der Waals surface area contributed by atoms with Crippen LogP contribution in [0, 0.1) is 0 Å². The van der Waals surface area contributed by atoms with Gasteiger partial charge in [0, 0.05) is 12.3 Å². The first-order valence-electron chi connectivity index (χ1n) is 8.48. The third-order valence-electron chi connectivity index (χ3n) is 3.86. The maximum Gasteiger partial charge on any atom is 0.435 e. The molecule has 0 bridgehead atoms. The summed E-state index contributed by atoms with van der Waals surface area (Å²) in [4.78, 5) is 59.7. The van der Waals surface area contributed by atoms with Gasteiger partial charge in [0.25, 0.3) is 5.91 Å². The van der Waals surface area contributed by atoms with Crippen molar-refractivity contribution in [3.8, 4) is 5.75 Å². The number of nitrogens with one attached hydrogen (secondary N) is 2. The highest BCUT2D eigenvalue weighted by Crippen LogP contribution is 2.52. The summed E-state index contributed by atoms with van der Waals surface area (Å²) in [5.74, 6) is -2.32. The summed E-state index contributed by atoms with van der Waals surface area (Å²) in [5.41, 5.74) is -1.85. The SMILES string of the molecule is C[C@H]1[C@H](NC(=O)OC(C)(C)C)C(=O)N1P(=O)(O)OCC(=O)c1cc(=O)c(O)c[nH]1. The van der Waals surface area contributed by atoms with Crippen LogP contribution in [0.15, 0.2) is 17.1 Å². The molecule has 0 spiro atoms. The third-order valence-corrected chi connectivity index (χ3v) is 5.43. The molecule has 2 heterocycles. The van der Waals surface area contributed by atoms with E-state index in [0.717, 1.165) is 12.3 Å². The Hall–Kier alpha value is -2.69. The van der Waals surface area contributed by atoms with Crippen LogP contribution in [0.1, 0.15) is 38.2 Å². The second kappa shape index (κ2) is 7.97. The standard InChI is InChI=1S/C16H22N3O9P/c1-8-13(18-15(24)28-16(2,3)4)14(23)19(8)29(25,26)27-7-12(22)9-5-10(20)11(21)6-17-9/h5-6,8,13,21H,7H2,1-4H3,(H,17,20)(H,18,24)(H,25,26)/t8-,13-/m0/s1. The summed E-state index contributed by atoms with van der Waals surface area (Å²) in [5, 5.41) is 11.5. The number of β-lactam (4-membered cyclic amide) rings is 1. The molecular formula is C16H22N3O9P. The average molecular weight is 431 g/mol. The van der Waals surface area contributed by atoms with Crippen molar-refractivity contribution in [3.05, 3.63) is 28.2 Å². The Morgan fingerprint density at radius 2 is 1.97 bits per heavy atom. The molecule has 0 aliphatic carbocycles. The number of hydrogen-bond donors (Lipinski definition) is 4. The minimum Gasteiger partial charge on any atom is -0.503 e. The molecule has 2 rings (SSSR count). The van der Waals surface area contributed by atoms with Gasteiger partial charge in [0.05, 0.1) is 11.7 Å². The quantitative estimate of drug-likeness (QED) is 0.284. The maximum absolute atomic E-state index is 12.4. The number of ketones is 1. The van der Waals surface area contributed by atoms with Crippen molar-refractivity contribution in [1.29, 1.82) is 0 Å². The van der Waals surface area contributed by atoms with Crippen LogP contribution >= 0.6 is 7.75 Å². The van der Waals surface area contributed by atoms with Crippen molar-refractivity contribution in [3.63, 3.8) is 0 Å². The molecule has 0 aromatic carbocycles. The Morgan fingerprint density at radius 1 is 1.34 bits per heavy atom.